The molecule has 2 bridgehead atoms. The van der Waals surface area contributed by atoms with Gasteiger partial charge in [0.1, 0.15) is 0 Å². The zero-order valence-corrected chi connectivity index (χ0v) is 9.78. The molecule has 3 heterocycles. The van der Waals surface area contributed by atoms with Crippen LogP contribution in [0.1, 0.15) is 44.9 Å². The number of ether oxygens (including phenoxy) is 2. The van der Waals surface area contributed by atoms with Gasteiger partial charge in [0.2, 0.25) is 0 Å². The minimum atomic E-state index is 0.176. The van der Waals surface area contributed by atoms with Crippen LogP contribution in [-0.4, -0.2) is 24.4 Å². The van der Waals surface area contributed by atoms with Crippen molar-refractivity contribution in [2.24, 2.45) is 5.41 Å². The minimum Gasteiger partial charge on any atom is -0.374 e. The van der Waals surface area contributed by atoms with Gasteiger partial charge >= 0.3 is 0 Å². The van der Waals surface area contributed by atoms with E-state index in [0.29, 0.717) is 17.6 Å². The predicted octanol–water partition coefficient (Wildman–Crippen LogP) is 2.82. The normalized spacial score (nSPS) is 48.5. The van der Waals surface area contributed by atoms with Crippen molar-refractivity contribution in [2.45, 2.75) is 62.8 Å². The van der Waals surface area contributed by atoms with Crippen LogP contribution in [-0.2, 0) is 9.47 Å². The van der Waals surface area contributed by atoms with Crippen molar-refractivity contribution in [2.75, 3.05) is 6.61 Å². The predicted molar refractivity (Wildman–Crippen MR) is 61.2 cm³/mol. The number of fused-ring (bicyclic) bond motifs is 4. The maximum atomic E-state index is 6.26. The van der Waals surface area contributed by atoms with Crippen LogP contribution >= 0.6 is 0 Å². The Kier molecular flexibility index (Phi) is 1.88. The highest BCUT2D eigenvalue weighted by Crippen LogP contribution is 2.61. The van der Waals surface area contributed by atoms with Crippen LogP contribution in [0.15, 0.2) is 12.2 Å². The Morgan fingerprint density at radius 3 is 2.56 bits per heavy atom. The summed E-state index contributed by atoms with van der Waals surface area (Å²) < 4.78 is 12.3. The molecule has 0 aromatic rings. The third-order valence-corrected chi connectivity index (χ3v) is 5.43. The number of hydrogen-bond donors (Lipinski definition) is 0. The van der Waals surface area contributed by atoms with Gasteiger partial charge in [-0.1, -0.05) is 31.4 Å². The molecule has 3 unspecified atom stereocenters. The van der Waals surface area contributed by atoms with Gasteiger partial charge in [0.25, 0.3) is 0 Å². The topological polar surface area (TPSA) is 18.5 Å². The summed E-state index contributed by atoms with van der Waals surface area (Å²) in [5.74, 6) is 0. The molecule has 0 amide bonds. The molecule has 0 aromatic heterocycles. The lowest BCUT2D eigenvalue weighted by atomic mass is 9.60. The molecule has 0 N–H and O–H groups in total. The van der Waals surface area contributed by atoms with Crippen molar-refractivity contribution in [3.8, 4) is 0 Å². The van der Waals surface area contributed by atoms with Gasteiger partial charge in [0.15, 0.2) is 0 Å². The van der Waals surface area contributed by atoms with E-state index in [1.54, 1.807) is 0 Å². The van der Waals surface area contributed by atoms with Gasteiger partial charge in [-0.25, -0.2) is 0 Å². The lowest BCUT2D eigenvalue weighted by molar-refractivity contribution is -0.103. The van der Waals surface area contributed by atoms with Gasteiger partial charge < -0.3 is 9.47 Å². The summed E-state index contributed by atoms with van der Waals surface area (Å²) >= 11 is 0. The monoisotopic (exact) mass is 220 g/mol. The molecule has 2 spiro atoms. The van der Waals surface area contributed by atoms with Crippen molar-refractivity contribution in [3.05, 3.63) is 12.2 Å². The summed E-state index contributed by atoms with van der Waals surface area (Å²) in [4.78, 5) is 0. The van der Waals surface area contributed by atoms with Gasteiger partial charge in [0.05, 0.1) is 17.8 Å². The smallest absolute Gasteiger partial charge is 0.0850 e. The van der Waals surface area contributed by atoms with E-state index >= 15 is 0 Å². The van der Waals surface area contributed by atoms with Crippen molar-refractivity contribution < 1.29 is 9.47 Å². The van der Waals surface area contributed by atoms with E-state index in [0.717, 1.165) is 6.61 Å². The molecule has 2 saturated heterocycles. The Bertz CT molecular complexity index is 330. The molecule has 88 valence electrons. The van der Waals surface area contributed by atoms with Crippen molar-refractivity contribution in [1.82, 2.24) is 0 Å². The second-order valence-corrected chi connectivity index (χ2v) is 5.99. The molecular formula is C14H20O2. The van der Waals surface area contributed by atoms with E-state index in [9.17, 15) is 0 Å². The van der Waals surface area contributed by atoms with E-state index in [1.807, 2.05) is 0 Å². The molecule has 0 aromatic carbocycles. The molecule has 0 radical (unpaired) electrons. The van der Waals surface area contributed by atoms with Crippen LogP contribution in [0.5, 0.6) is 0 Å². The Morgan fingerprint density at radius 2 is 1.88 bits per heavy atom. The van der Waals surface area contributed by atoms with Crippen LogP contribution in [0.25, 0.3) is 0 Å². The lowest BCUT2D eigenvalue weighted by Crippen LogP contribution is -2.51. The van der Waals surface area contributed by atoms with Crippen LogP contribution in [0, 0.1) is 5.41 Å². The van der Waals surface area contributed by atoms with Gasteiger partial charge in [-0.2, -0.15) is 0 Å². The molecule has 1 aliphatic carbocycles. The molecule has 16 heavy (non-hydrogen) atoms. The molecule has 1 saturated carbocycles. The largest absolute Gasteiger partial charge is 0.374 e. The van der Waals surface area contributed by atoms with Gasteiger partial charge in [-0.05, 0) is 25.7 Å². The molecule has 4 rings (SSSR count). The minimum absolute atomic E-state index is 0.176. The van der Waals surface area contributed by atoms with Crippen molar-refractivity contribution in [1.29, 1.82) is 0 Å². The summed E-state index contributed by atoms with van der Waals surface area (Å²) in [6.07, 6.45) is 14.4. The third-order valence-electron chi connectivity index (χ3n) is 5.43. The highest BCUT2D eigenvalue weighted by Gasteiger charge is 2.64. The Hall–Kier alpha value is -0.340. The number of rotatable bonds is 0. The first kappa shape index (κ1) is 9.67. The molecule has 3 atom stereocenters. The summed E-state index contributed by atoms with van der Waals surface area (Å²) in [5, 5.41) is 0. The van der Waals surface area contributed by atoms with Gasteiger partial charge in [0, 0.05) is 12.0 Å². The van der Waals surface area contributed by atoms with E-state index in [2.05, 4.69) is 12.2 Å². The standard InChI is InChI=1S/C14H20O2/c1-2-6-14(7-3-1)13(8-9-15-14)10-11-4-5-12(13)16-11/h4-5,11-12H,1-3,6-10H2. The zero-order valence-electron chi connectivity index (χ0n) is 9.78. The Balaban J connectivity index is 1.74. The zero-order chi connectivity index (χ0) is 10.6. The average molecular weight is 220 g/mol. The Labute approximate surface area is 97.0 Å². The van der Waals surface area contributed by atoms with Crippen LogP contribution in [0.3, 0.4) is 0 Å². The molecular weight excluding hydrogens is 200 g/mol. The fourth-order valence-corrected chi connectivity index (χ4v) is 4.66. The summed E-state index contributed by atoms with van der Waals surface area (Å²) in [6.45, 7) is 0.959. The fraction of sp³-hybridized carbons (Fsp3) is 0.857. The quantitative estimate of drug-likeness (QED) is 0.584. The summed E-state index contributed by atoms with van der Waals surface area (Å²) in [5.41, 5.74) is 0.516. The van der Waals surface area contributed by atoms with Crippen LogP contribution in [0.2, 0.25) is 0 Å². The maximum absolute atomic E-state index is 6.26. The highest BCUT2D eigenvalue weighted by atomic mass is 16.5. The highest BCUT2D eigenvalue weighted by molar-refractivity contribution is 5.23. The molecule has 2 heteroatoms. The van der Waals surface area contributed by atoms with Crippen LogP contribution in [0.4, 0.5) is 0 Å². The van der Waals surface area contributed by atoms with E-state index in [1.165, 1.54) is 44.9 Å². The van der Waals surface area contributed by atoms with E-state index in [-0.39, 0.29) is 5.60 Å². The maximum Gasteiger partial charge on any atom is 0.0850 e. The second kappa shape index (κ2) is 3.11. The fourth-order valence-electron chi connectivity index (χ4n) is 4.66. The average Bonchev–Trinajstić information content (AvgIpc) is 2.98. The summed E-state index contributed by atoms with van der Waals surface area (Å²) in [7, 11) is 0. The summed E-state index contributed by atoms with van der Waals surface area (Å²) in [6, 6.07) is 0. The van der Waals surface area contributed by atoms with E-state index < -0.39 is 0 Å². The number of hydrogen-bond acceptors (Lipinski definition) is 2. The molecule has 3 fully saturated rings. The lowest BCUT2D eigenvalue weighted by Gasteiger charge is -2.47. The SMILES string of the molecule is C1=CC2OC1CC21CCOC12CCCCC2. The molecule has 4 aliphatic rings. The van der Waals surface area contributed by atoms with Crippen molar-refractivity contribution >= 4 is 0 Å². The first-order chi connectivity index (χ1) is 7.85. The molecule has 3 aliphatic heterocycles. The first-order valence-corrected chi connectivity index (χ1v) is 6.83. The third kappa shape index (κ3) is 1.01. The molecule has 2 nitrogen and oxygen atoms in total. The van der Waals surface area contributed by atoms with E-state index in [4.69, 9.17) is 9.47 Å². The van der Waals surface area contributed by atoms with Crippen LogP contribution < -0.4 is 0 Å². The second-order valence-electron chi connectivity index (χ2n) is 5.99. The van der Waals surface area contributed by atoms with Crippen molar-refractivity contribution in [3.63, 3.8) is 0 Å². The first-order valence-electron chi connectivity index (χ1n) is 6.83. The van der Waals surface area contributed by atoms with Gasteiger partial charge in [-0.3, -0.25) is 0 Å². The Morgan fingerprint density at radius 1 is 1.00 bits per heavy atom. The van der Waals surface area contributed by atoms with Gasteiger partial charge in [-0.15, -0.1) is 0 Å².